The first-order valence-electron chi connectivity index (χ1n) is 16.7. The molecule has 0 aliphatic carbocycles. The monoisotopic (exact) mass is 573 g/mol. The second-order valence-electron chi connectivity index (χ2n) is 11.6. The number of nitrogens with zero attached hydrogens (tertiary/aromatic N) is 1. The molecule has 0 atom stereocenters. The highest BCUT2D eigenvalue weighted by Gasteiger charge is 2.10. The summed E-state index contributed by atoms with van der Waals surface area (Å²) in [6, 6.07) is 6.13. The normalized spacial score (nSPS) is 10.8. The lowest BCUT2D eigenvalue weighted by Crippen LogP contribution is -2.32. The highest BCUT2D eigenvalue weighted by atomic mass is 16.6. The minimum Gasteiger partial charge on any atom is -0.461 e. The average Bonchev–Trinajstić information content (AvgIpc) is 2.97. The van der Waals surface area contributed by atoms with Crippen LogP contribution in [0.25, 0.3) is 0 Å². The number of aryl methyl sites for hydroxylation is 1. The van der Waals surface area contributed by atoms with Gasteiger partial charge in [0.1, 0.15) is 19.8 Å². The number of esters is 1. The molecule has 0 aliphatic heterocycles. The standard InChI is InChI=1S/C35H60N2O4/c1-4-5-6-7-8-9-10-11-12-13-14-17-21-26-36-35(39)41-31-33(32(2)3)30-40-34(38)25-20-16-15-18-22-27-37-28-23-19-24-29-37/h19,23-24,28-29H,4-18,20-22,25-27,30-31H2,1-3H3/p+1. The predicted molar refractivity (Wildman–Crippen MR) is 169 cm³/mol. The summed E-state index contributed by atoms with van der Waals surface area (Å²) in [7, 11) is 0. The van der Waals surface area contributed by atoms with Gasteiger partial charge in [-0.2, -0.15) is 0 Å². The van der Waals surface area contributed by atoms with Gasteiger partial charge in [0.05, 0.1) is 0 Å². The molecule has 0 saturated carbocycles. The van der Waals surface area contributed by atoms with E-state index in [1.807, 2.05) is 19.9 Å². The SMILES string of the molecule is CCCCCCCCCCCCCCCNC(=O)OCC(COC(=O)CCCCCCC[n+]1ccccc1)=C(C)C. The Morgan fingerprint density at radius 2 is 1.15 bits per heavy atom. The smallest absolute Gasteiger partial charge is 0.407 e. The molecule has 1 aromatic heterocycles. The first-order chi connectivity index (χ1) is 20.0. The van der Waals surface area contributed by atoms with E-state index in [9.17, 15) is 9.59 Å². The number of unbranched alkanes of at least 4 members (excludes halogenated alkanes) is 16. The van der Waals surface area contributed by atoms with E-state index >= 15 is 0 Å². The van der Waals surface area contributed by atoms with Gasteiger partial charge in [-0.3, -0.25) is 4.79 Å². The molecule has 41 heavy (non-hydrogen) atoms. The number of hydrogen-bond acceptors (Lipinski definition) is 4. The van der Waals surface area contributed by atoms with E-state index in [2.05, 4.69) is 41.3 Å². The van der Waals surface area contributed by atoms with Crippen molar-refractivity contribution in [3.8, 4) is 0 Å². The van der Waals surface area contributed by atoms with E-state index in [0.717, 1.165) is 62.6 Å². The second kappa shape index (κ2) is 26.5. The Morgan fingerprint density at radius 1 is 0.634 bits per heavy atom. The molecule has 1 N–H and O–H groups in total. The molecule has 6 heteroatoms. The fraction of sp³-hybridized carbons (Fsp3) is 0.743. The fourth-order valence-corrected chi connectivity index (χ4v) is 4.78. The van der Waals surface area contributed by atoms with Crippen LogP contribution < -0.4 is 9.88 Å². The number of carbonyl (C=O) groups excluding carboxylic acids is 2. The van der Waals surface area contributed by atoms with Gasteiger partial charge in [-0.25, -0.2) is 9.36 Å². The van der Waals surface area contributed by atoms with Crippen molar-refractivity contribution in [2.24, 2.45) is 0 Å². The van der Waals surface area contributed by atoms with E-state index in [0.29, 0.717) is 13.0 Å². The van der Waals surface area contributed by atoms with Gasteiger partial charge < -0.3 is 14.8 Å². The molecule has 6 nitrogen and oxygen atoms in total. The van der Waals surface area contributed by atoms with Gasteiger partial charge in [-0.05, 0) is 33.1 Å². The van der Waals surface area contributed by atoms with Gasteiger partial charge in [0.2, 0.25) is 0 Å². The summed E-state index contributed by atoms with van der Waals surface area (Å²) in [4.78, 5) is 24.3. The molecule has 0 radical (unpaired) electrons. The summed E-state index contributed by atoms with van der Waals surface area (Å²) in [6.45, 7) is 8.18. The molecule has 0 fully saturated rings. The van der Waals surface area contributed by atoms with Crippen molar-refractivity contribution in [3.05, 3.63) is 41.7 Å². The topological polar surface area (TPSA) is 68.5 Å². The molecule has 1 aromatic rings. The number of pyridine rings is 1. The number of carbonyl (C=O) groups is 2. The van der Waals surface area contributed by atoms with E-state index in [1.165, 1.54) is 70.6 Å². The summed E-state index contributed by atoms with van der Waals surface area (Å²) >= 11 is 0. The number of rotatable bonds is 26. The summed E-state index contributed by atoms with van der Waals surface area (Å²) in [5.41, 5.74) is 1.85. The summed E-state index contributed by atoms with van der Waals surface area (Å²) in [5, 5.41) is 2.85. The average molecular weight is 574 g/mol. The van der Waals surface area contributed by atoms with Crippen LogP contribution in [0.15, 0.2) is 41.7 Å². The van der Waals surface area contributed by atoms with Crippen molar-refractivity contribution in [2.45, 2.75) is 149 Å². The third-order valence-corrected chi connectivity index (χ3v) is 7.62. The fourth-order valence-electron chi connectivity index (χ4n) is 4.78. The number of amides is 1. The Balaban J connectivity index is 1.97. The number of ether oxygens (including phenoxy) is 2. The molecular formula is C35H61N2O4+. The Morgan fingerprint density at radius 3 is 1.73 bits per heavy atom. The Hall–Kier alpha value is -2.37. The lowest BCUT2D eigenvalue weighted by Gasteiger charge is -2.12. The van der Waals surface area contributed by atoms with Crippen LogP contribution in [0.1, 0.15) is 143 Å². The molecular weight excluding hydrogens is 512 g/mol. The third kappa shape index (κ3) is 22.9. The first kappa shape index (κ1) is 36.7. The summed E-state index contributed by atoms with van der Waals surface area (Å²) < 4.78 is 13.0. The van der Waals surface area contributed by atoms with E-state index in [-0.39, 0.29) is 19.2 Å². The Labute approximate surface area is 251 Å². The van der Waals surface area contributed by atoms with Gasteiger partial charge >= 0.3 is 12.1 Å². The quantitative estimate of drug-likeness (QED) is 0.0520. The van der Waals surface area contributed by atoms with Crippen LogP contribution in [-0.2, 0) is 20.8 Å². The van der Waals surface area contributed by atoms with Crippen molar-refractivity contribution >= 4 is 12.1 Å². The lowest BCUT2D eigenvalue weighted by molar-refractivity contribution is -0.697. The number of hydrogen-bond donors (Lipinski definition) is 1. The maximum atomic E-state index is 12.2. The molecule has 234 valence electrons. The third-order valence-electron chi connectivity index (χ3n) is 7.62. The first-order valence-corrected chi connectivity index (χ1v) is 16.7. The van der Waals surface area contributed by atoms with E-state index in [4.69, 9.17) is 9.47 Å². The van der Waals surface area contributed by atoms with Crippen LogP contribution in [0.3, 0.4) is 0 Å². The van der Waals surface area contributed by atoms with Crippen LogP contribution >= 0.6 is 0 Å². The molecule has 1 rings (SSSR count). The molecule has 1 heterocycles. The number of nitrogens with one attached hydrogen (secondary N) is 1. The van der Waals surface area contributed by atoms with Gasteiger partial charge in [0.25, 0.3) is 0 Å². The maximum absolute atomic E-state index is 12.2. The minimum atomic E-state index is -0.403. The van der Waals surface area contributed by atoms with Crippen molar-refractivity contribution in [1.82, 2.24) is 5.32 Å². The van der Waals surface area contributed by atoms with Gasteiger partial charge in [-0.1, -0.05) is 108 Å². The Kier molecular flexibility index (Phi) is 23.7. The molecule has 0 aromatic carbocycles. The second-order valence-corrected chi connectivity index (χ2v) is 11.6. The molecule has 0 saturated heterocycles. The largest absolute Gasteiger partial charge is 0.461 e. The summed E-state index contributed by atoms with van der Waals surface area (Å²) in [5.74, 6) is -0.185. The van der Waals surface area contributed by atoms with E-state index in [1.54, 1.807) is 0 Å². The maximum Gasteiger partial charge on any atom is 0.407 e. The lowest BCUT2D eigenvalue weighted by atomic mass is 10.0. The zero-order chi connectivity index (χ0) is 29.8. The zero-order valence-electron chi connectivity index (χ0n) is 26.7. The highest BCUT2D eigenvalue weighted by Crippen LogP contribution is 2.13. The van der Waals surface area contributed by atoms with Crippen LogP contribution in [0.2, 0.25) is 0 Å². The van der Waals surface area contributed by atoms with Crippen LogP contribution in [0, 0.1) is 0 Å². The number of alkyl carbamates (subject to hydrolysis) is 1. The van der Waals surface area contributed by atoms with Crippen LogP contribution in [-0.4, -0.2) is 31.8 Å². The minimum absolute atomic E-state index is 0.152. The molecule has 1 amide bonds. The number of allylic oxidation sites excluding steroid dienone is 1. The summed E-state index contributed by atoms with van der Waals surface area (Å²) in [6.07, 6.45) is 26.5. The van der Waals surface area contributed by atoms with Crippen LogP contribution in [0.5, 0.6) is 0 Å². The van der Waals surface area contributed by atoms with Gasteiger partial charge in [0, 0.05) is 37.1 Å². The Bertz CT molecular complexity index is 806. The number of aromatic nitrogens is 1. The van der Waals surface area contributed by atoms with Crippen LogP contribution in [0.4, 0.5) is 4.79 Å². The van der Waals surface area contributed by atoms with Gasteiger partial charge in [0.15, 0.2) is 12.4 Å². The molecule has 0 aliphatic rings. The molecule has 0 bridgehead atoms. The predicted octanol–water partition coefficient (Wildman–Crippen LogP) is 9.01. The van der Waals surface area contributed by atoms with Crippen molar-refractivity contribution in [3.63, 3.8) is 0 Å². The van der Waals surface area contributed by atoms with Crippen molar-refractivity contribution in [1.29, 1.82) is 0 Å². The van der Waals surface area contributed by atoms with Crippen molar-refractivity contribution in [2.75, 3.05) is 19.8 Å². The van der Waals surface area contributed by atoms with Gasteiger partial charge in [-0.15, -0.1) is 0 Å². The molecule has 0 unspecified atom stereocenters. The van der Waals surface area contributed by atoms with Crippen molar-refractivity contribution < 1.29 is 23.6 Å². The highest BCUT2D eigenvalue weighted by molar-refractivity contribution is 5.69. The van der Waals surface area contributed by atoms with E-state index < -0.39 is 6.09 Å². The zero-order valence-corrected chi connectivity index (χ0v) is 26.7. The molecule has 0 spiro atoms.